The summed E-state index contributed by atoms with van der Waals surface area (Å²) in [6.07, 6.45) is 1.95. The number of rotatable bonds is 4. The molecule has 0 aliphatic rings. The lowest BCUT2D eigenvalue weighted by Gasteiger charge is -2.09. The first kappa shape index (κ1) is 28.2. The van der Waals surface area contributed by atoms with Crippen LogP contribution in [0.5, 0.6) is 0 Å². The molecule has 0 aliphatic carbocycles. The number of aromatic nitrogens is 5. The highest BCUT2D eigenvalue weighted by atomic mass is 32.1. The highest BCUT2D eigenvalue weighted by Crippen LogP contribution is 2.38. The fourth-order valence-corrected chi connectivity index (χ4v) is 8.64. The zero-order chi connectivity index (χ0) is 33.5. The van der Waals surface area contributed by atoms with Gasteiger partial charge in [-0.2, -0.15) is 0 Å². The van der Waals surface area contributed by atoms with Gasteiger partial charge >= 0.3 is 0 Å². The van der Waals surface area contributed by atoms with Gasteiger partial charge in [0.05, 0.1) is 37.2 Å². The summed E-state index contributed by atoms with van der Waals surface area (Å²) in [4.78, 5) is 15.3. The van der Waals surface area contributed by atoms with Gasteiger partial charge in [0, 0.05) is 50.2 Å². The molecule has 0 spiro atoms. The standard InChI is InChI=1S/C45H27N5S/c1-3-11-30(12-4-1)49-37-17-9-7-15-32(37)34-21-19-28(25-39(34)49)36-23-24-41-43(47-36)44-42(51-41)27-46-45(48-44)29-20-22-35-33-16-8-10-18-38(33)50(40(35)26-29)31-13-5-2-6-14-31/h1-27H. The molecule has 6 heteroatoms. The zero-order valence-corrected chi connectivity index (χ0v) is 28.0. The third-order valence-electron chi connectivity index (χ3n) is 9.99. The lowest BCUT2D eigenvalue weighted by molar-refractivity contribution is 1.18. The Balaban J connectivity index is 1.07. The van der Waals surface area contributed by atoms with Crippen molar-refractivity contribution in [3.05, 3.63) is 164 Å². The molecule has 0 atom stereocenters. The molecule has 0 radical (unpaired) electrons. The predicted octanol–water partition coefficient (Wildman–Crippen LogP) is 11.8. The molecule has 0 aliphatic heterocycles. The molecule has 11 aromatic rings. The summed E-state index contributed by atoms with van der Waals surface area (Å²) >= 11 is 1.68. The van der Waals surface area contributed by atoms with Crippen molar-refractivity contribution in [2.75, 3.05) is 0 Å². The Hall–Kier alpha value is -6.63. The van der Waals surface area contributed by atoms with Crippen LogP contribution in [0.25, 0.3) is 98.1 Å². The number of hydrogen-bond donors (Lipinski definition) is 0. The van der Waals surface area contributed by atoms with Gasteiger partial charge < -0.3 is 9.13 Å². The Morgan fingerprint density at radius 2 is 0.941 bits per heavy atom. The molecule has 6 aromatic carbocycles. The van der Waals surface area contributed by atoms with Gasteiger partial charge in [-0.05, 0) is 60.7 Å². The first-order valence-corrected chi connectivity index (χ1v) is 17.8. The SMILES string of the molecule is c1ccc(-n2c3ccccc3c3ccc(-c4ccc5sc6cnc(-c7ccc8c9ccccc9n(-c9ccccc9)c8c7)nc6c5n4)cc32)cc1. The molecule has 0 fully saturated rings. The Morgan fingerprint density at radius 1 is 0.412 bits per heavy atom. The third-order valence-corrected chi connectivity index (χ3v) is 11.1. The average Bonchev–Trinajstić information content (AvgIpc) is 3.85. The van der Waals surface area contributed by atoms with Crippen LogP contribution >= 0.6 is 11.3 Å². The Labute approximate surface area is 296 Å². The van der Waals surface area contributed by atoms with Crippen LogP contribution < -0.4 is 0 Å². The maximum absolute atomic E-state index is 5.27. The minimum absolute atomic E-state index is 0.690. The molecule has 0 bridgehead atoms. The van der Waals surface area contributed by atoms with E-state index in [0.29, 0.717) is 5.82 Å². The van der Waals surface area contributed by atoms with Gasteiger partial charge in [0.1, 0.15) is 11.0 Å². The number of thiophene rings is 1. The number of para-hydroxylation sites is 4. The van der Waals surface area contributed by atoms with Crippen molar-refractivity contribution >= 4 is 75.4 Å². The van der Waals surface area contributed by atoms with Gasteiger partial charge in [0.15, 0.2) is 5.82 Å². The highest BCUT2D eigenvalue weighted by molar-refractivity contribution is 7.25. The largest absolute Gasteiger partial charge is 0.309 e. The van der Waals surface area contributed by atoms with Crippen molar-refractivity contribution in [1.29, 1.82) is 0 Å². The summed E-state index contributed by atoms with van der Waals surface area (Å²) in [7, 11) is 0. The second-order valence-electron chi connectivity index (χ2n) is 12.9. The maximum atomic E-state index is 5.27. The van der Waals surface area contributed by atoms with Crippen molar-refractivity contribution < 1.29 is 0 Å². The summed E-state index contributed by atoms with van der Waals surface area (Å²) in [6, 6.07) is 55.8. The van der Waals surface area contributed by atoms with Crippen LogP contribution in [-0.2, 0) is 0 Å². The molecule has 238 valence electrons. The Kier molecular flexibility index (Phi) is 6.05. The van der Waals surface area contributed by atoms with Crippen LogP contribution in [0.15, 0.2) is 164 Å². The van der Waals surface area contributed by atoms with E-state index in [1.54, 1.807) is 11.3 Å². The molecule has 51 heavy (non-hydrogen) atoms. The molecule has 0 amide bonds. The minimum atomic E-state index is 0.690. The number of fused-ring (bicyclic) bond motifs is 9. The van der Waals surface area contributed by atoms with Crippen molar-refractivity contribution in [2.24, 2.45) is 0 Å². The van der Waals surface area contributed by atoms with Gasteiger partial charge in [-0.15, -0.1) is 11.3 Å². The first-order chi connectivity index (χ1) is 25.3. The third kappa shape index (κ3) is 4.30. The van der Waals surface area contributed by atoms with E-state index in [4.69, 9.17) is 15.0 Å². The Morgan fingerprint density at radius 3 is 1.59 bits per heavy atom. The summed E-state index contributed by atoms with van der Waals surface area (Å²) < 4.78 is 6.80. The summed E-state index contributed by atoms with van der Waals surface area (Å²) in [5, 5.41) is 4.89. The van der Waals surface area contributed by atoms with Crippen molar-refractivity contribution in [1.82, 2.24) is 24.1 Å². The monoisotopic (exact) mass is 669 g/mol. The van der Waals surface area contributed by atoms with Crippen molar-refractivity contribution in [3.8, 4) is 34.0 Å². The molecule has 5 nitrogen and oxygen atoms in total. The van der Waals surface area contributed by atoms with Gasteiger partial charge in [-0.25, -0.2) is 15.0 Å². The second-order valence-corrected chi connectivity index (χ2v) is 14.0. The van der Waals surface area contributed by atoms with Crippen LogP contribution in [0, 0.1) is 0 Å². The van der Waals surface area contributed by atoms with Gasteiger partial charge in [0.2, 0.25) is 0 Å². The zero-order valence-electron chi connectivity index (χ0n) is 27.2. The molecule has 0 N–H and O–H groups in total. The van der Waals surface area contributed by atoms with E-state index in [1.807, 2.05) is 6.20 Å². The average molecular weight is 670 g/mol. The maximum Gasteiger partial charge on any atom is 0.160 e. The van der Waals surface area contributed by atoms with Crippen LogP contribution in [-0.4, -0.2) is 24.1 Å². The van der Waals surface area contributed by atoms with Crippen molar-refractivity contribution in [2.45, 2.75) is 0 Å². The van der Waals surface area contributed by atoms with E-state index in [2.05, 4.69) is 167 Å². The van der Waals surface area contributed by atoms with Crippen LogP contribution in [0.3, 0.4) is 0 Å². The van der Waals surface area contributed by atoms with Gasteiger partial charge in [-0.1, -0.05) is 97.1 Å². The number of benzene rings is 6. The topological polar surface area (TPSA) is 48.5 Å². The lowest BCUT2D eigenvalue weighted by Crippen LogP contribution is -1.94. The fourth-order valence-electron chi connectivity index (χ4n) is 7.68. The molecule has 5 heterocycles. The number of pyridine rings is 1. The highest BCUT2D eigenvalue weighted by Gasteiger charge is 2.17. The van der Waals surface area contributed by atoms with E-state index in [9.17, 15) is 0 Å². The fraction of sp³-hybridized carbons (Fsp3) is 0. The first-order valence-electron chi connectivity index (χ1n) is 17.0. The van der Waals surface area contributed by atoms with Crippen molar-refractivity contribution in [3.63, 3.8) is 0 Å². The molecule has 0 saturated heterocycles. The minimum Gasteiger partial charge on any atom is -0.309 e. The number of hydrogen-bond acceptors (Lipinski definition) is 4. The van der Waals surface area contributed by atoms with Gasteiger partial charge in [0.25, 0.3) is 0 Å². The molecular weight excluding hydrogens is 643 g/mol. The normalized spacial score (nSPS) is 11.9. The molecule has 0 unspecified atom stereocenters. The lowest BCUT2D eigenvalue weighted by atomic mass is 10.1. The molecule has 0 saturated carbocycles. The van der Waals surface area contributed by atoms with Crippen LogP contribution in [0.2, 0.25) is 0 Å². The summed E-state index contributed by atoms with van der Waals surface area (Å²) in [5.41, 5.74) is 11.7. The predicted molar refractivity (Wildman–Crippen MR) is 212 cm³/mol. The number of nitrogens with zero attached hydrogens (tertiary/aromatic N) is 5. The Bertz CT molecular complexity index is 2920. The summed E-state index contributed by atoms with van der Waals surface area (Å²) in [5.74, 6) is 0.690. The van der Waals surface area contributed by atoms with Gasteiger partial charge in [-0.3, -0.25) is 0 Å². The van der Waals surface area contributed by atoms with E-state index >= 15 is 0 Å². The smallest absolute Gasteiger partial charge is 0.160 e. The molecular formula is C45H27N5S. The second kappa shape index (κ2) is 10.9. The van der Waals surface area contributed by atoms with Crippen LogP contribution in [0.1, 0.15) is 0 Å². The summed E-state index contributed by atoms with van der Waals surface area (Å²) in [6.45, 7) is 0. The van der Waals surface area contributed by atoms with E-state index in [-0.39, 0.29) is 0 Å². The van der Waals surface area contributed by atoms with E-state index in [0.717, 1.165) is 59.7 Å². The van der Waals surface area contributed by atoms with E-state index in [1.165, 1.54) is 32.6 Å². The molecule has 5 aromatic heterocycles. The van der Waals surface area contributed by atoms with Crippen LogP contribution in [0.4, 0.5) is 0 Å². The molecule has 11 rings (SSSR count). The quantitative estimate of drug-likeness (QED) is 0.187. The van der Waals surface area contributed by atoms with E-state index < -0.39 is 0 Å².